The number of hydrogen-bond donors (Lipinski definition) is 0. The molecule has 148 heavy (non-hydrogen) atoms. The predicted molar refractivity (Wildman–Crippen MR) is 609 cm³/mol. The molecule has 6 heterocycles. The summed E-state index contributed by atoms with van der Waals surface area (Å²) in [6, 6.07) is 89.0. The molecule has 0 unspecified atom stereocenters. The lowest BCUT2D eigenvalue weighted by molar-refractivity contribution is -0.955. The number of likely N-dealkylation sites (N-methyl/N-ethyl adjacent to an activating group) is 2. The Hall–Kier alpha value is -7.74. The highest BCUT2D eigenvalue weighted by molar-refractivity contribution is 5.53. The van der Waals surface area contributed by atoms with Gasteiger partial charge in [-0.3, -0.25) is 0 Å². The highest BCUT2D eigenvalue weighted by Gasteiger charge is 2.40. The molecule has 6 aliphatic rings. The largest absolute Gasteiger partial charge is 1.00 e. The van der Waals surface area contributed by atoms with Crippen molar-refractivity contribution >= 4 is 54.7 Å². The van der Waals surface area contributed by atoms with E-state index >= 15 is 0 Å². The second kappa shape index (κ2) is 73.5. The third-order valence-electron chi connectivity index (χ3n) is 28.3. The minimum Gasteiger partial charge on any atom is -1.00 e. The Bertz CT molecular complexity index is 5100. The maximum Gasteiger partial charge on any atom is 0.104 e. The number of rotatable bonds is 33. The Balaban J connectivity index is -0.00000159. The Morgan fingerprint density at radius 3 is 0.730 bits per heavy atom. The van der Waals surface area contributed by atoms with Crippen LogP contribution < -0.4 is 116 Å². The van der Waals surface area contributed by atoms with Crippen LogP contribution in [-0.2, 0) is 70.1 Å². The highest BCUT2D eigenvalue weighted by Crippen LogP contribution is 2.36. The van der Waals surface area contributed by atoms with Crippen LogP contribution in [0.5, 0.6) is 0 Å². The molecule has 10 aromatic carbocycles. The lowest BCUT2D eigenvalue weighted by Crippen LogP contribution is -3.00. The fourth-order valence-electron chi connectivity index (χ4n) is 19.2. The van der Waals surface area contributed by atoms with Crippen LogP contribution in [0.2, 0.25) is 0 Å². The molecule has 0 spiro atoms. The Morgan fingerprint density at radius 1 is 0.257 bits per heavy atom. The molecule has 2 bridgehead atoms. The molecule has 0 saturated carbocycles. The molecule has 0 amide bonds. The summed E-state index contributed by atoms with van der Waals surface area (Å²) in [4.78, 5) is 0. The van der Waals surface area contributed by atoms with Gasteiger partial charge in [-0.2, -0.15) is 0 Å². The van der Waals surface area contributed by atoms with Crippen molar-refractivity contribution in [3.63, 3.8) is 0 Å². The first-order chi connectivity index (χ1) is 66.3. The van der Waals surface area contributed by atoms with Crippen molar-refractivity contribution in [1.29, 1.82) is 0 Å². The fourth-order valence-corrected chi connectivity index (χ4v) is 19.2. The normalized spacial score (nSPS) is 15.5. The molecule has 6 saturated heterocycles. The number of halogens is 9. The summed E-state index contributed by atoms with van der Waals surface area (Å²) in [7, 11) is 31.4. The van der Waals surface area contributed by atoms with Crippen molar-refractivity contribution in [2.45, 2.75) is 137 Å². The Labute approximate surface area is 962 Å². The first kappa shape index (κ1) is 144. The Morgan fingerprint density at radius 2 is 0.480 bits per heavy atom. The minimum absolute atomic E-state index is 0. The summed E-state index contributed by atoms with van der Waals surface area (Å²) in [5.74, 6) is 1.05. The predicted octanol–water partition coefficient (Wildman–Crippen LogP) is 0.795. The van der Waals surface area contributed by atoms with E-state index in [1.165, 1.54) is 267 Å². The maximum absolute atomic E-state index is 5.41. The molecule has 0 N–H and O–H groups in total. The van der Waals surface area contributed by atoms with E-state index in [0.717, 1.165) is 100 Å². The molecule has 0 radical (unpaired) electrons. The van der Waals surface area contributed by atoms with E-state index in [0.29, 0.717) is 0 Å². The third kappa shape index (κ3) is 56.2. The number of likely N-dealkylation sites (tertiary alicyclic amines) is 2. The molecule has 0 atom stereocenters. The van der Waals surface area contributed by atoms with Gasteiger partial charge < -0.3 is 161 Å². The molecular weight excluding hydrogens is 2060 g/mol. The summed E-state index contributed by atoms with van der Waals surface area (Å²) in [5.41, 5.74) is 24.9. The SMILES string of the molecule is C=Cc1ccc(CC[N+](C)(C)C)cc1.C=Cc1ccc(C[N+](C)(C)C)cc1.C=Cc1ccc(C[N+](C)(C)C)cc1.C=Cc1ccc(C[N+](C)(C)Cc2ccccc2)cc1.C=Cc1ccc(C[N+](CC)(CC)CC)cc1.C=Cc1ccc(C[N+]2(C)CCCC2)cc1.C=Cc1ccc(C[N+]2(C)CCCCC2)cc1.C=Cc1ccc(C[N+]2(C)CCOCC2)cc1.C=Cc1ccc(C[N+]23CCC(CC2)CC3)cc1.[Br-].[Cl-].[Cl-].[Cl-].[Cl-].[Cl-].[Cl-].[Cl-].[Cl-]. The van der Waals surface area contributed by atoms with Gasteiger partial charge in [-0.05, 0) is 121 Å². The summed E-state index contributed by atoms with van der Waals surface area (Å²) in [5, 5.41) is 0. The van der Waals surface area contributed by atoms with Gasteiger partial charge in [0, 0.05) is 69.3 Å². The van der Waals surface area contributed by atoms with Gasteiger partial charge in [0.1, 0.15) is 72.0 Å². The second-order valence-corrected chi connectivity index (χ2v) is 44.3. The molecule has 6 fully saturated rings. The zero-order valence-corrected chi connectivity index (χ0v) is 101. The summed E-state index contributed by atoms with van der Waals surface area (Å²) >= 11 is 0. The monoisotopic (exact) mass is 2240 g/mol. The van der Waals surface area contributed by atoms with Crippen molar-refractivity contribution in [1.82, 2.24) is 0 Å². The summed E-state index contributed by atoms with van der Waals surface area (Å²) < 4.78 is 15.4. The number of morpholine rings is 1. The average Bonchev–Trinajstić information content (AvgIpc) is 0.874. The van der Waals surface area contributed by atoms with E-state index in [4.69, 9.17) is 4.74 Å². The van der Waals surface area contributed by atoms with E-state index in [1.807, 2.05) is 54.7 Å². The Kier molecular flexibility index (Phi) is 71.7. The number of piperidine rings is 4. The van der Waals surface area contributed by atoms with Crippen LogP contribution in [0.25, 0.3) is 54.7 Å². The van der Waals surface area contributed by atoms with Crippen molar-refractivity contribution in [2.24, 2.45) is 5.92 Å². The van der Waals surface area contributed by atoms with Crippen LogP contribution in [0.4, 0.5) is 0 Å². The van der Waals surface area contributed by atoms with Gasteiger partial charge in [0.15, 0.2) is 0 Å². The number of fused-ring (bicyclic) bond motifs is 3. The number of quaternary nitrogens is 9. The van der Waals surface area contributed by atoms with Gasteiger partial charge in [-0.1, -0.05) is 363 Å². The van der Waals surface area contributed by atoms with E-state index in [-0.39, 0.29) is 116 Å². The van der Waals surface area contributed by atoms with Crippen LogP contribution >= 0.6 is 0 Å². The maximum atomic E-state index is 5.41. The summed E-state index contributed by atoms with van der Waals surface area (Å²) in [6.45, 7) is 69.2. The topological polar surface area (TPSA) is 9.23 Å². The van der Waals surface area contributed by atoms with E-state index in [1.54, 1.807) is 0 Å². The molecule has 816 valence electrons. The lowest BCUT2D eigenvalue weighted by Gasteiger charge is -2.49. The number of ether oxygens (including phenoxy) is 1. The first-order valence-electron chi connectivity index (χ1n) is 51.8. The van der Waals surface area contributed by atoms with Crippen molar-refractivity contribution in [3.8, 4) is 0 Å². The zero-order chi connectivity index (χ0) is 101. The first-order valence-corrected chi connectivity index (χ1v) is 51.8. The molecule has 19 heteroatoms. The smallest absolute Gasteiger partial charge is 0.104 e. The number of nitrogens with zero attached hydrogens (tertiary/aromatic N) is 9. The van der Waals surface area contributed by atoms with Crippen molar-refractivity contribution < 1.29 is 161 Å². The molecule has 16 rings (SSSR count). The fraction of sp³-hybridized carbons (Fsp3) is 0.395. The number of benzene rings is 10. The van der Waals surface area contributed by atoms with Gasteiger partial charge in [0.05, 0.1) is 184 Å². The number of hydrogen-bond acceptors (Lipinski definition) is 1. The van der Waals surface area contributed by atoms with E-state index in [2.05, 4.69) is 427 Å². The average molecular weight is 2240 g/mol. The molecule has 10 nitrogen and oxygen atoms in total. The molecular formula is C129H186BrCl8N9O. The highest BCUT2D eigenvalue weighted by atomic mass is 79.9. The minimum atomic E-state index is 0. The van der Waals surface area contributed by atoms with Crippen LogP contribution in [-0.4, -0.2) is 237 Å². The molecule has 0 aromatic heterocycles. The van der Waals surface area contributed by atoms with Crippen molar-refractivity contribution in [3.05, 3.63) is 414 Å². The summed E-state index contributed by atoms with van der Waals surface area (Å²) in [6.07, 6.45) is 29.5. The van der Waals surface area contributed by atoms with Gasteiger partial charge >= 0.3 is 0 Å². The van der Waals surface area contributed by atoms with Crippen LogP contribution in [0.3, 0.4) is 0 Å². The van der Waals surface area contributed by atoms with E-state index in [9.17, 15) is 0 Å². The zero-order valence-electron chi connectivity index (χ0n) is 93.5. The van der Waals surface area contributed by atoms with Crippen LogP contribution in [0.15, 0.2) is 308 Å². The van der Waals surface area contributed by atoms with Crippen LogP contribution in [0, 0.1) is 5.92 Å². The molecule has 10 aromatic rings. The molecule has 6 aliphatic heterocycles. The van der Waals surface area contributed by atoms with Gasteiger partial charge in [0.2, 0.25) is 0 Å². The standard InChI is InChI=1S/C18H22N.C16H22N.C15H22N.C15H24N.C14H20NO.C14H20N.C13H20N.2C12H18N.BrH.8ClH/c1-4-16-10-12-18(13-11-16)15-19(2,3)14-17-8-6-5-7-9-17;1-2-14-3-5-16(6-4-14)13-17-10-7-15(8-11-17)9-12-17;1-3-14-7-9-15(10-8-14)13-16(2)11-5-4-6-12-16;1-5-14-9-11-15(12-10-14)13-16(6-2,7-3)8-4;1-3-13-4-6-14(7-5-13)12-15(2)8-10-16-11-9-15;1-3-13-6-8-14(9-7-13)12-15(2)10-4-5-11-15;1-5-12-6-8-13(9-7-12)10-11-14(2,3)4;2*1-5-11-6-8-12(9-7-11)10-13(2,3)4;;;;;;;;;/h4-13H,1,14-15H2,2-3H3;2-6,15H,1,7-13H2;3,7-10H,1,4-6,11-13H2,2H3;5,9-12H,1,6-8,13H2,2-4H3;3-7H,1,8-12H2,2H3;3,6-9H,1,4-5,10-12H2,2H3;5-9H,1,10-11H2,2-4H3;2*5-9H,1,10H2,2-4H3;9*1H/q9*+1;;;;;;;;;/p-9. The van der Waals surface area contributed by atoms with Gasteiger partial charge in [-0.15, -0.1) is 0 Å². The third-order valence-corrected chi connectivity index (χ3v) is 28.3. The van der Waals surface area contributed by atoms with Crippen molar-refractivity contribution in [2.75, 3.05) is 197 Å². The molecule has 0 aliphatic carbocycles. The second-order valence-electron chi connectivity index (χ2n) is 44.3. The van der Waals surface area contributed by atoms with Gasteiger partial charge in [0.25, 0.3) is 0 Å². The quantitative estimate of drug-likeness (QED) is 0.0555. The lowest BCUT2D eigenvalue weighted by atomic mass is 9.85. The van der Waals surface area contributed by atoms with E-state index < -0.39 is 0 Å². The van der Waals surface area contributed by atoms with Crippen LogP contribution in [0.1, 0.15) is 178 Å². The van der Waals surface area contributed by atoms with Gasteiger partial charge in [-0.25, -0.2) is 0 Å².